The second kappa shape index (κ2) is 7.00. The monoisotopic (exact) mass is 399 g/mol. The molecule has 29 heavy (non-hydrogen) atoms. The summed E-state index contributed by atoms with van der Waals surface area (Å²) < 4.78 is 34.6. The maximum atomic E-state index is 6.35. The highest BCUT2D eigenvalue weighted by Gasteiger charge is 2.42. The Kier molecular flexibility index (Phi) is 4.44. The van der Waals surface area contributed by atoms with Gasteiger partial charge in [0.25, 0.3) is 0 Å². The van der Waals surface area contributed by atoms with E-state index in [4.69, 9.17) is 28.4 Å². The van der Waals surface area contributed by atoms with Gasteiger partial charge in [-0.15, -0.1) is 0 Å². The lowest BCUT2D eigenvalue weighted by molar-refractivity contribution is -0.00482. The predicted molar refractivity (Wildman–Crippen MR) is 105 cm³/mol. The van der Waals surface area contributed by atoms with Gasteiger partial charge >= 0.3 is 0 Å². The molecule has 3 heterocycles. The van der Waals surface area contributed by atoms with E-state index in [9.17, 15) is 0 Å². The van der Waals surface area contributed by atoms with Crippen LogP contribution in [0.4, 0.5) is 0 Å². The summed E-state index contributed by atoms with van der Waals surface area (Å²) in [5.74, 6) is 3.63. The first-order valence-corrected chi connectivity index (χ1v) is 9.72. The van der Waals surface area contributed by atoms with Gasteiger partial charge in [-0.1, -0.05) is 6.07 Å². The van der Waals surface area contributed by atoms with E-state index in [1.165, 1.54) is 5.56 Å². The Hall–Kier alpha value is -2.64. The summed E-state index contributed by atoms with van der Waals surface area (Å²) >= 11 is 0. The average Bonchev–Trinajstić information content (AvgIpc) is 3.38. The normalized spacial score (nSPS) is 22.2. The Morgan fingerprint density at radius 3 is 2.62 bits per heavy atom. The first-order valence-electron chi connectivity index (χ1n) is 9.72. The molecule has 2 aromatic carbocycles. The van der Waals surface area contributed by atoms with E-state index in [2.05, 4.69) is 24.1 Å². The number of rotatable bonds is 4. The predicted octanol–water partition coefficient (Wildman–Crippen LogP) is 3.24. The molecular formula is C22H25NO6. The molecule has 7 nitrogen and oxygen atoms in total. The summed E-state index contributed by atoms with van der Waals surface area (Å²) in [6.07, 6.45) is 0.768. The van der Waals surface area contributed by atoms with Gasteiger partial charge in [0.1, 0.15) is 6.10 Å². The van der Waals surface area contributed by atoms with Crippen molar-refractivity contribution < 1.29 is 28.4 Å². The molecule has 154 valence electrons. The topological polar surface area (TPSA) is 58.6 Å². The van der Waals surface area contributed by atoms with Gasteiger partial charge in [-0.2, -0.15) is 0 Å². The number of ether oxygens (including phenoxy) is 6. The van der Waals surface area contributed by atoms with Gasteiger partial charge in [0.05, 0.1) is 34.0 Å². The zero-order chi connectivity index (χ0) is 20.1. The summed E-state index contributed by atoms with van der Waals surface area (Å²) in [4.78, 5) is 2.32. The first kappa shape index (κ1) is 18.4. The summed E-state index contributed by atoms with van der Waals surface area (Å²) in [6, 6.07) is 6.10. The molecule has 0 fully saturated rings. The van der Waals surface area contributed by atoms with Gasteiger partial charge in [0, 0.05) is 17.7 Å². The molecule has 0 aromatic heterocycles. The van der Waals surface area contributed by atoms with Crippen LogP contribution in [0.1, 0.15) is 34.4 Å². The minimum absolute atomic E-state index is 0.0115. The maximum absolute atomic E-state index is 6.35. The maximum Gasteiger partial charge on any atom is 0.231 e. The number of hydrogen-bond donors (Lipinski definition) is 0. The zero-order valence-electron chi connectivity index (χ0n) is 17.1. The van der Waals surface area contributed by atoms with E-state index in [1.807, 2.05) is 6.07 Å². The minimum Gasteiger partial charge on any atom is -0.493 e. The Labute approximate surface area is 170 Å². The summed E-state index contributed by atoms with van der Waals surface area (Å²) in [7, 11) is 7.12. The quantitative estimate of drug-likeness (QED) is 0.782. The summed E-state index contributed by atoms with van der Waals surface area (Å²) in [6.45, 7) is 1.62. The van der Waals surface area contributed by atoms with Crippen LogP contribution in [0.15, 0.2) is 18.2 Å². The first-order chi connectivity index (χ1) is 14.2. The van der Waals surface area contributed by atoms with Crippen molar-refractivity contribution in [1.29, 1.82) is 0 Å². The molecule has 0 amide bonds. The van der Waals surface area contributed by atoms with Gasteiger partial charge in [-0.05, 0) is 36.7 Å². The second-order valence-electron chi connectivity index (χ2n) is 7.49. The van der Waals surface area contributed by atoms with Crippen LogP contribution in [-0.2, 0) is 17.8 Å². The Bertz CT molecular complexity index is 959. The molecule has 3 aliphatic heterocycles. The van der Waals surface area contributed by atoms with Crippen molar-refractivity contribution in [3.05, 3.63) is 40.5 Å². The molecule has 0 N–H and O–H groups in total. The zero-order valence-corrected chi connectivity index (χ0v) is 17.1. The van der Waals surface area contributed by atoms with Crippen molar-refractivity contribution in [2.45, 2.75) is 25.2 Å². The van der Waals surface area contributed by atoms with E-state index in [1.54, 1.807) is 21.3 Å². The van der Waals surface area contributed by atoms with Gasteiger partial charge in [-0.25, -0.2) is 0 Å². The lowest BCUT2D eigenvalue weighted by Gasteiger charge is -2.39. The third-order valence-corrected chi connectivity index (χ3v) is 6.14. The number of hydrogen-bond acceptors (Lipinski definition) is 7. The lowest BCUT2D eigenvalue weighted by atomic mass is 9.85. The van der Waals surface area contributed by atoms with E-state index >= 15 is 0 Å². The van der Waals surface area contributed by atoms with E-state index in [0.717, 1.165) is 46.9 Å². The number of likely N-dealkylation sites (N-methyl/N-ethyl adjacent to an activating group) is 1. The van der Waals surface area contributed by atoms with Crippen LogP contribution in [-0.4, -0.2) is 46.6 Å². The van der Waals surface area contributed by atoms with Gasteiger partial charge < -0.3 is 28.4 Å². The Morgan fingerprint density at radius 1 is 1.03 bits per heavy atom. The minimum atomic E-state index is -0.150. The summed E-state index contributed by atoms with van der Waals surface area (Å²) in [5.41, 5.74) is 4.48. The average molecular weight is 399 g/mol. The van der Waals surface area contributed by atoms with Crippen LogP contribution in [0.3, 0.4) is 0 Å². The molecule has 5 rings (SSSR count). The van der Waals surface area contributed by atoms with Crippen LogP contribution >= 0.6 is 0 Å². The molecule has 2 atom stereocenters. The fourth-order valence-corrected chi connectivity index (χ4v) is 4.80. The Balaban J connectivity index is 1.65. The highest BCUT2D eigenvalue weighted by atomic mass is 16.7. The molecule has 0 bridgehead atoms. The number of methoxy groups -OCH3 is 3. The molecule has 7 heteroatoms. The van der Waals surface area contributed by atoms with Crippen molar-refractivity contribution >= 4 is 0 Å². The smallest absolute Gasteiger partial charge is 0.231 e. The number of benzene rings is 2. The molecular weight excluding hydrogens is 374 g/mol. The molecule has 3 aliphatic rings. The molecule has 0 aliphatic carbocycles. The van der Waals surface area contributed by atoms with Gasteiger partial charge in [0.15, 0.2) is 23.0 Å². The highest BCUT2D eigenvalue weighted by Crippen LogP contribution is 2.55. The van der Waals surface area contributed by atoms with Crippen LogP contribution < -0.4 is 23.7 Å². The molecule has 2 aromatic rings. The van der Waals surface area contributed by atoms with Crippen molar-refractivity contribution in [1.82, 2.24) is 4.90 Å². The van der Waals surface area contributed by atoms with Crippen LogP contribution in [0.5, 0.6) is 28.7 Å². The molecule has 1 unspecified atom stereocenters. The molecule has 0 saturated heterocycles. The SMILES string of the molecule is COc1ccc2c(c1OC)COC2[C@H]1c2c(cc3c(c2OC)OCO3)CCN1C. The molecule has 0 spiro atoms. The number of fused-ring (bicyclic) bond motifs is 3. The van der Waals surface area contributed by atoms with E-state index in [-0.39, 0.29) is 18.9 Å². The fourth-order valence-electron chi connectivity index (χ4n) is 4.80. The second-order valence-corrected chi connectivity index (χ2v) is 7.49. The molecule has 0 saturated carbocycles. The third kappa shape index (κ3) is 2.64. The van der Waals surface area contributed by atoms with Crippen LogP contribution in [0.2, 0.25) is 0 Å². The number of nitrogens with zero attached hydrogens (tertiary/aromatic N) is 1. The van der Waals surface area contributed by atoms with Crippen LogP contribution in [0.25, 0.3) is 0 Å². The van der Waals surface area contributed by atoms with Crippen LogP contribution in [0, 0.1) is 0 Å². The van der Waals surface area contributed by atoms with Gasteiger partial charge in [-0.3, -0.25) is 4.90 Å². The summed E-state index contributed by atoms with van der Waals surface area (Å²) in [5, 5.41) is 0. The van der Waals surface area contributed by atoms with E-state index < -0.39 is 0 Å². The van der Waals surface area contributed by atoms with Crippen molar-refractivity contribution in [2.75, 3.05) is 41.7 Å². The fraction of sp³-hybridized carbons (Fsp3) is 0.455. The Morgan fingerprint density at radius 2 is 1.86 bits per heavy atom. The van der Waals surface area contributed by atoms with Crippen molar-refractivity contribution in [3.63, 3.8) is 0 Å². The molecule has 0 radical (unpaired) electrons. The third-order valence-electron chi connectivity index (χ3n) is 6.14. The standard InChI is InChI=1S/C22H25NO6/c1-23-8-7-12-9-16-21(29-11-28-16)22(26-4)17(12)18(23)20-13-5-6-15(24-2)19(25-3)14(13)10-27-20/h5-6,9,18,20H,7-8,10-11H2,1-4H3/t18-,20?/m1/s1. The van der Waals surface area contributed by atoms with Gasteiger partial charge in [0.2, 0.25) is 12.5 Å². The van der Waals surface area contributed by atoms with E-state index in [0.29, 0.717) is 18.1 Å². The van der Waals surface area contributed by atoms with Crippen molar-refractivity contribution in [2.24, 2.45) is 0 Å². The lowest BCUT2D eigenvalue weighted by Crippen LogP contribution is -2.36. The largest absolute Gasteiger partial charge is 0.493 e. The van der Waals surface area contributed by atoms with Crippen molar-refractivity contribution in [3.8, 4) is 28.7 Å². The highest BCUT2D eigenvalue weighted by molar-refractivity contribution is 5.63.